The Morgan fingerprint density at radius 3 is 3.03 bits per heavy atom. The van der Waals surface area contributed by atoms with Gasteiger partial charge in [0.15, 0.2) is 0 Å². The molecule has 3 heterocycles. The first-order valence-electron chi connectivity index (χ1n) is 10.3. The Balaban J connectivity index is 1.52. The van der Waals surface area contributed by atoms with Crippen LogP contribution in [0.25, 0.3) is 11.0 Å². The molecule has 6 nitrogen and oxygen atoms in total. The smallest absolute Gasteiger partial charge is 0.137 e. The number of hydrogen-bond acceptors (Lipinski definition) is 5. The Kier molecular flexibility index (Phi) is 6.13. The SMILES string of the molecule is CCOc1cccc([C@@H](O)CN(C)Cc2c([C@H]3CCCO3)[nH]c3ncccc23)c1. The summed E-state index contributed by atoms with van der Waals surface area (Å²) in [5.41, 5.74) is 4.09. The van der Waals surface area contributed by atoms with Gasteiger partial charge in [0.1, 0.15) is 11.4 Å². The van der Waals surface area contributed by atoms with Gasteiger partial charge in [0.05, 0.1) is 24.5 Å². The Bertz CT molecular complexity index is 949. The molecule has 1 saturated heterocycles. The quantitative estimate of drug-likeness (QED) is 0.604. The average molecular weight is 396 g/mol. The molecule has 4 rings (SSSR count). The molecule has 2 aromatic heterocycles. The molecule has 0 unspecified atom stereocenters. The van der Waals surface area contributed by atoms with Gasteiger partial charge < -0.3 is 19.6 Å². The van der Waals surface area contributed by atoms with Gasteiger partial charge in [-0.3, -0.25) is 4.90 Å². The second-order valence-corrected chi connectivity index (χ2v) is 7.64. The highest BCUT2D eigenvalue weighted by Gasteiger charge is 2.25. The monoisotopic (exact) mass is 395 g/mol. The van der Waals surface area contributed by atoms with E-state index in [-0.39, 0.29) is 6.10 Å². The normalized spacial score (nSPS) is 17.9. The molecule has 0 bridgehead atoms. The zero-order valence-electron chi connectivity index (χ0n) is 17.1. The highest BCUT2D eigenvalue weighted by atomic mass is 16.5. The summed E-state index contributed by atoms with van der Waals surface area (Å²) in [5.74, 6) is 0.787. The van der Waals surface area contributed by atoms with Crippen LogP contribution in [-0.4, -0.2) is 46.8 Å². The van der Waals surface area contributed by atoms with Crippen LogP contribution in [0.2, 0.25) is 0 Å². The van der Waals surface area contributed by atoms with E-state index in [0.717, 1.165) is 47.5 Å². The lowest BCUT2D eigenvalue weighted by atomic mass is 10.1. The predicted octanol–water partition coefficient (Wildman–Crippen LogP) is 3.98. The molecule has 2 N–H and O–H groups in total. The molecule has 0 radical (unpaired) electrons. The summed E-state index contributed by atoms with van der Waals surface area (Å²) in [6.45, 7) is 4.60. The van der Waals surface area contributed by atoms with E-state index in [1.807, 2.05) is 44.3 Å². The second kappa shape index (κ2) is 8.95. The van der Waals surface area contributed by atoms with Crippen LogP contribution in [0.4, 0.5) is 0 Å². The van der Waals surface area contributed by atoms with Crippen molar-refractivity contribution in [1.82, 2.24) is 14.9 Å². The molecule has 2 atom stereocenters. The van der Waals surface area contributed by atoms with E-state index >= 15 is 0 Å². The molecule has 6 heteroatoms. The number of aromatic nitrogens is 2. The van der Waals surface area contributed by atoms with Crippen LogP contribution < -0.4 is 4.74 Å². The third-order valence-electron chi connectivity index (χ3n) is 5.43. The highest BCUT2D eigenvalue weighted by molar-refractivity contribution is 5.81. The van der Waals surface area contributed by atoms with Crippen molar-refractivity contribution < 1.29 is 14.6 Å². The maximum atomic E-state index is 10.8. The lowest BCUT2D eigenvalue weighted by Crippen LogP contribution is -2.25. The summed E-state index contributed by atoms with van der Waals surface area (Å²) in [6, 6.07) is 11.8. The Labute approximate surface area is 171 Å². The molecular weight excluding hydrogens is 366 g/mol. The van der Waals surface area contributed by atoms with Crippen molar-refractivity contribution in [3.05, 3.63) is 59.4 Å². The molecule has 0 saturated carbocycles. The minimum atomic E-state index is -0.588. The van der Waals surface area contributed by atoms with Crippen LogP contribution in [0.15, 0.2) is 42.6 Å². The summed E-state index contributed by atoms with van der Waals surface area (Å²) < 4.78 is 11.5. The number of pyridine rings is 1. The van der Waals surface area contributed by atoms with E-state index < -0.39 is 6.10 Å². The molecule has 1 fully saturated rings. The van der Waals surface area contributed by atoms with Gasteiger partial charge in [0.2, 0.25) is 0 Å². The van der Waals surface area contributed by atoms with Gasteiger partial charge in [-0.2, -0.15) is 0 Å². The third kappa shape index (κ3) is 4.45. The molecular formula is C23H29N3O3. The summed E-state index contributed by atoms with van der Waals surface area (Å²) in [4.78, 5) is 10.1. The second-order valence-electron chi connectivity index (χ2n) is 7.64. The van der Waals surface area contributed by atoms with E-state index in [9.17, 15) is 5.11 Å². The van der Waals surface area contributed by atoms with E-state index in [2.05, 4.69) is 20.9 Å². The van der Waals surface area contributed by atoms with Crippen LogP contribution >= 0.6 is 0 Å². The van der Waals surface area contributed by atoms with Crippen LogP contribution in [0.3, 0.4) is 0 Å². The Morgan fingerprint density at radius 1 is 1.34 bits per heavy atom. The first-order chi connectivity index (χ1) is 14.2. The molecule has 29 heavy (non-hydrogen) atoms. The number of fused-ring (bicyclic) bond motifs is 1. The lowest BCUT2D eigenvalue weighted by molar-refractivity contribution is 0.105. The van der Waals surface area contributed by atoms with Crippen molar-refractivity contribution in [3.8, 4) is 5.75 Å². The number of rotatable bonds is 8. The van der Waals surface area contributed by atoms with E-state index in [1.165, 1.54) is 5.56 Å². The molecule has 1 aliphatic heterocycles. The number of aromatic amines is 1. The Hall–Kier alpha value is -2.41. The van der Waals surface area contributed by atoms with Gasteiger partial charge >= 0.3 is 0 Å². The summed E-state index contributed by atoms with van der Waals surface area (Å²) in [5, 5.41) is 11.9. The van der Waals surface area contributed by atoms with Crippen molar-refractivity contribution in [1.29, 1.82) is 0 Å². The maximum absolute atomic E-state index is 10.8. The number of H-pyrrole nitrogens is 1. The molecule has 3 aromatic rings. The molecule has 0 spiro atoms. The number of benzene rings is 1. The molecule has 0 aliphatic carbocycles. The van der Waals surface area contributed by atoms with Gasteiger partial charge in [-0.15, -0.1) is 0 Å². The number of nitrogens with one attached hydrogen (secondary N) is 1. The zero-order chi connectivity index (χ0) is 20.2. The zero-order valence-corrected chi connectivity index (χ0v) is 17.1. The standard InChI is InChI=1S/C23H29N3O3/c1-3-28-17-8-4-7-16(13-17)20(27)15-26(2)14-19-18-9-5-11-24-23(18)25-22(19)21-10-6-12-29-21/h4-5,7-9,11,13,20-21,27H,3,6,10,12,14-15H2,1-2H3,(H,24,25)/t20-,21+/m0/s1. The number of nitrogens with zero attached hydrogens (tertiary/aromatic N) is 2. The first-order valence-corrected chi connectivity index (χ1v) is 10.3. The van der Waals surface area contributed by atoms with Gasteiger partial charge in [0.25, 0.3) is 0 Å². The summed E-state index contributed by atoms with van der Waals surface area (Å²) in [6.07, 6.45) is 3.42. The first kappa shape index (κ1) is 19.9. The van der Waals surface area contributed by atoms with E-state index in [1.54, 1.807) is 6.20 Å². The lowest BCUT2D eigenvalue weighted by Gasteiger charge is -2.22. The number of likely N-dealkylation sites (N-methyl/N-ethyl adjacent to an activating group) is 1. The Morgan fingerprint density at radius 2 is 2.24 bits per heavy atom. The minimum Gasteiger partial charge on any atom is -0.494 e. The minimum absolute atomic E-state index is 0.0976. The number of aliphatic hydroxyl groups is 1. The van der Waals surface area contributed by atoms with E-state index in [0.29, 0.717) is 19.7 Å². The molecule has 1 aromatic carbocycles. The van der Waals surface area contributed by atoms with Crippen molar-refractivity contribution in [3.63, 3.8) is 0 Å². The fourth-order valence-electron chi connectivity index (χ4n) is 4.06. The average Bonchev–Trinajstić information content (AvgIpc) is 3.37. The largest absolute Gasteiger partial charge is 0.494 e. The number of aliphatic hydroxyl groups excluding tert-OH is 1. The van der Waals surface area contributed by atoms with Crippen molar-refractivity contribution >= 4 is 11.0 Å². The van der Waals surface area contributed by atoms with Gasteiger partial charge in [0, 0.05) is 31.3 Å². The van der Waals surface area contributed by atoms with Crippen molar-refractivity contribution in [2.75, 3.05) is 26.8 Å². The van der Waals surface area contributed by atoms with E-state index in [4.69, 9.17) is 9.47 Å². The summed E-state index contributed by atoms with van der Waals surface area (Å²) >= 11 is 0. The fourth-order valence-corrected chi connectivity index (χ4v) is 4.06. The molecule has 1 aliphatic rings. The van der Waals surface area contributed by atoms with Crippen molar-refractivity contribution in [2.45, 2.75) is 38.5 Å². The van der Waals surface area contributed by atoms with Crippen LogP contribution in [-0.2, 0) is 11.3 Å². The third-order valence-corrected chi connectivity index (χ3v) is 5.43. The van der Waals surface area contributed by atoms with Crippen LogP contribution in [0, 0.1) is 0 Å². The topological polar surface area (TPSA) is 70.6 Å². The fraction of sp³-hybridized carbons (Fsp3) is 0.435. The van der Waals surface area contributed by atoms with Gasteiger partial charge in [-0.25, -0.2) is 4.98 Å². The van der Waals surface area contributed by atoms with Gasteiger partial charge in [-0.1, -0.05) is 12.1 Å². The number of hydrogen-bond donors (Lipinski definition) is 2. The maximum Gasteiger partial charge on any atom is 0.137 e. The molecule has 0 amide bonds. The predicted molar refractivity (Wildman–Crippen MR) is 113 cm³/mol. The highest BCUT2D eigenvalue weighted by Crippen LogP contribution is 2.34. The van der Waals surface area contributed by atoms with Crippen LogP contribution in [0.1, 0.15) is 48.8 Å². The molecule has 154 valence electrons. The van der Waals surface area contributed by atoms with Gasteiger partial charge in [-0.05, 0) is 62.2 Å². The van der Waals surface area contributed by atoms with Crippen LogP contribution in [0.5, 0.6) is 5.75 Å². The van der Waals surface area contributed by atoms with Crippen molar-refractivity contribution in [2.24, 2.45) is 0 Å². The summed E-state index contributed by atoms with van der Waals surface area (Å²) in [7, 11) is 2.03. The number of ether oxygens (including phenoxy) is 2.